The molecule has 1 N–H and O–H groups in total. The Morgan fingerprint density at radius 2 is 1.83 bits per heavy atom. The summed E-state index contributed by atoms with van der Waals surface area (Å²) in [5.41, 5.74) is 3.55. The van der Waals surface area contributed by atoms with E-state index in [0.29, 0.717) is 21.3 Å². The molecule has 1 amide bonds. The Bertz CT molecular complexity index is 1110. The van der Waals surface area contributed by atoms with Crippen molar-refractivity contribution in [3.8, 4) is 0 Å². The maximum Gasteiger partial charge on any atom is 0.339 e. The van der Waals surface area contributed by atoms with E-state index in [-0.39, 0.29) is 0 Å². The van der Waals surface area contributed by atoms with Crippen LogP contribution in [-0.2, 0) is 22.4 Å². The highest BCUT2D eigenvalue weighted by molar-refractivity contribution is 6.35. The molecule has 29 heavy (non-hydrogen) atoms. The third-order valence-electron chi connectivity index (χ3n) is 4.91. The normalized spacial score (nSPS) is 13.8. The van der Waals surface area contributed by atoms with Gasteiger partial charge in [-0.15, -0.1) is 0 Å². The van der Waals surface area contributed by atoms with Gasteiger partial charge < -0.3 is 10.1 Å². The molecule has 3 aromatic rings. The molecule has 0 unspecified atom stereocenters. The maximum absolute atomic E-state index is 13.0. The summed E-state index contributed by atoms with van der Waals surface area (Å²) in [4.78, 5) is 30.2. The number of hydrogen-bond acceptors (Lipinski definition) is 4. The minimum Gasteiger partial charge on any atom is -0.449 e. The first-order chi connectivity index (χ1) is 13.9. The molecule has 1 aromatic heterocycles. The van der Waals surface area contributed by atoms with Crippen LogP contribution in [0.15, 0.2) is 42.5 Å². The third kappa shape index (κ3) is 4.07. The smallest absolute Gasteiger partial charge is 0.339 e. The number of benzene rings is 2. The van der Waals surface area contributed by atoms with Crippen molar-refractivity contribution in [1.82, 2.24) is 4.98 Å². The number of ether oxygens (including phenoxy) is 1. The van der Waals surface area contributed by atoms with E-state index in [1.165, 1.54) is 6.92 Å². The second kappa shape index (κ2) is 8.01. The number of carbonyl (C=O) groups excluding carboxylic acids is 2. The van der Waals surface area contributed by atoms with Gasteiger partial charge in [0.25, 0.3) is 5.91 Å². The van der Waals surface area contributed by atoms with Crippen LogP contribution >= 0.6 is 23.2 Å². The van der Waals surface area contributed by atoms with Gasteiger partial charge in [-0.3, -0.25) is 9.78 Å². The summed E-state index contributed by atoms with van der Waals surface area (Å²) in [5, 5.41) is 4.21. The van der Waals surface area contributed by atoms with Gasteiger partial charge in [-0.05, 0) is 56.0 Å². The first-order valence-corrected chi connectivity index (χ1v) is 10.1. The fourth-order valence-electron chi connectivity index (χ4n) is 3.59. The molecule has 0 saturated carbocycles. The average molecular weight is 429 g/mol. The monoisotopic (exact) mass is 428 g/mol. The lowest BCUT2D eigenvalue weighted by atomic mass is 10.0. The first-order valence-electron chi connectivity index (χ1n) is 9.31. The first kappa shape index (κ1) is 19.7. The number of esters is 1. The highest BCUT2D eigenvalue weighted by Crippen LogP contribution is 2.31. The van der Waals surface area contributed by atoms with Gasteiger partial charge in [0.1, 0.15) is 0 Å². The highest BCUT2D eigenvalue weighted by atomic mass is 35.5. The molecule has 1 aliphatic rings. The van der Waals surface area contributed by atoms with E-state index in [1.54, 1.807) is 18.2 Å². The topological polar surface area (TPSA) is 68.3 Å². The molecule has 0 fully saturated rings. The van der Waals surface area contributed by atoms with E-state index in [1.807, 2.05) is 24.3 Å². The number of carbonyl (C=O) groups is 2. The predicted octanol–water partition coefficient (Wildman–Crippen LogP) is 5.21. The summed E-state index contributed by atoms with van der Waals surface area (Å²) < 4.78 is 5.52. The molecule has 5 nitrogen and oxygen atoms in total. The molecular formula is C22H18Cl2N2O3. The van der Waals surface area contributed by atoms with E-state index >= 15 is 0 Å². The molecular weight excluding hydrogens is 411 g/mol. The fraction of sp³-hybridized carbons (Fsp3) is 0.227. The summed E-state index contributed by atoms with van der Waals surface area (Å²) in [6, 6.07) is 12.2. The summed E-state index contributed by atoms with van der Waals surface area (Å²) >= 11 is 11.9. The van der Waals surface area contributed by atoms with Gasteiger partial charge in [-0.1, -0.05) is 41.4 Å². The predicted molar refractivity (Wildman–Crippen MR) is 114 cm³/mol. The van der Waals surface area contributed by atoms with Crippen molar-refractivity contribution < 1.29 is 14.3 Å². The Morgan fingerprint density at radius 3 is 2.59 bits per heavy atom. The number of amides is 1. The molecule has 1 atom stereocenters. The maximum atomic E-state index is 13.0. The highest BCUT2D eigenvalue weighted by Gasteiger charge is 2.27. The number of nitrogens with one attached hydrogen (secondary N) is 1. The number of para-hydroxylation sites is 1. The zero-order chi connectivity index (χ0) is 20.5. The largest absolute Gasteiger partial charge is 0.449 e. The number of rotatable bonds is 4. The Labute approximate surface area is 178 Å². The Kier molecular flexibility index (Phi) is 5.43. The Hall–Kier alpha value is -2.63. The Morgan fingerprint density at radius 1 is 1.10 bits per heavy atom. The van der Waals surface area contributed by atoms with Crippen LogP contribution < -0.4 is 5.32 Å². The zero-order valence-corrected chi connectivity index (χ0v) is 17.2. The lowest BCUT2D eigenvalue weighted by molar-refractivity contribution is -0.123. The van der Waals surface area contributed by atoms with Gasteiger partial charge in [0.15, 0.2) is 6.10 Å². The van der Waals surface area contributed by atoms with Crippen LogP contribution in [-0.4, -0.2) is 23.0 Å². The van der Waals surface area contributed by atoms with Crippen LogP contribution in [0.5, 0.6) is 0 Å². The minimum atomic E-state index is -0.996. The number of aryl methyl sites for hydroxylation is 1. The second-order valence-corrected chi connectivity index (χ2v) is 7.85. The number of nitrogens with zero attached hydrogens (tertiary/aromatic N) is 1. The molecule has 148 valence electrons. The number of hydrogen-bond donors (Lipinski definition) is 1. The van der Waals surface area contributed by atoms with E-state index in [9.17, 15) is 9.59 Å². The second-order valence-electron chi connectivity index (χ2n) is 6.98. The molecule has 7 heteroatoms. The van der Waals surface area contributed by atoms with Crippen LogP contribution in [0.25, 0.3) is 10.9 Å². The van der Waals surface area contributed by atoms with Crippen LogP contribution in [0.4, 0.5) is 5.69 Å². The number of pyridine rings is 1. The molecule has 0 spiro atoms. The van der Waals surface area contributed by atoms with Crippen LogP contribution in [0.2, 0.25) is 10.0 Å². The van der Waals surface area contributed by atoms with Gasteiger partial charge >= 0.3 is 5.97 Å². The number of anilines is 1. The molecule has 1 heterocycles. The minimum absolute atomic E-state index is 0.399. The van der Waals surface area contributed by atoms with Gasteiger partial charge in [0, 0.05) is 26.8 Å². The van der Waals surface area contributed by atoms with Gasteiger partial charge in [-0.2, -0.15) is 0 Å². The molecule has 0 bridgehead atoms. The van der Waals surface area contributed by atoms with Crippen molar-refractivity contribution in [3.05, 3.63) is 69.3 Å². The fourth-order valence-corrected chi connectivity index (χ4v) is 4.11. The third-order valence-corrected chi connectivity index (χ3v) is 5.34. The van der Waals surface area contributed by atoms with Crippen molar-refractivity contribution in [2.45, 2.75) is 32.3 Å². The van der Waals surface area contributed by atoms with E-state index in [2.05, 4.69) is 10.3 Å². The van der Waals surface area contributed by atoms with Crippen LogP contribution in [0.3, 0.4) is 0 Å². The quantitative estimate of drug-likeness (QED) is 0.578. The molecule has 2 aromatic carbocycles. The van der Waals surface area contributed by atoms with Crippen molar-refractivity contribution >= 4 is 51.7 Å². The molecule has 4 rings (SSSR count). The van der Waals surface area contributed by atoms with E-state index < -0.39 is 18.0 Å². The summed E-state index contributed by atoms with van der Waals surface area (Å²) in [7, 11) is 0. The van der Waals surface area contributed by atoms with Gasteiger partial charge in [0.2, 0.25) is 0 Å². The van der Waals surface area contributed by atoms with Gasteiger partial charge in [0.05, 0.1) is 11.1 Å². The van der Waals surface area contributed by atoms with Crippen molar-refractivity contribution in [2.24, 2.45) is 0 Å². The van der Waals surface area contributed by atoms with Gasteiger partial charge in [-0.25, -0.2) is 4.79 Å². The summed E-state index contributed by atoms with van der Waals surface area (Å²) in [5.74, 6) is -0.986. The van der Waals surface area contributed by atoms with E-state index in [4.69, 9.17) is 27.9 Å². The standard InChI is InChI=1S/C22H18Cl2N2O3/c1-12(21(27)25-15-10-13(23)9-14(24)11-15)29-22(28)20-16-5-2-3-7-18(16)26-19-8-4-6-17(19)20/h2-3,5,7,9-12H,4,6,8H2,1H3,(H,25,27)/t12-/m0/s1. The molecule has 0 saturated heterocycles. The number of halogens is 2. The molecule has 0 radical (unpaired) electrons. The lowest BCUT2D eigenvalue weighted by Crippen LogP contribution is -2.30. The average Bonchev–Trinajstić information content (AvgIpc) is 3.12. The number of fused-ring (bicyclic) bond motifs is 2. The molecule has 0 aliphatic heterocycles. The van der Waals surface area contributed by atoms with Crippen molar-refractivity contribution in [3.63, 3.8) is 0 Å². The zero-order valence-electron chi connectivity index (χ0n) is 15.7. The summed E-state index contributed by atoms with van der Waals surface area (Å²) in [6.07, 6.45) is 1.57. The Balaban J connectivity index is 1.57. The summed E-state index contributed by atoms with van der Waals surface area (Å²) in [6.45, 7) is 1.53. The lowest BCUT2D eigenvalue weighted by Gasteiger charge is -2.16. The SMILES string of the molecule is C[C@H](OC(=O)c1c2c(nc3ccccc13)CCC2)C(=O)Nc1cc(Cl)cc(Cl)c1. The number of aromatic nitrogens is 1. The molecule has 1 aliphatic carbocycles. The van der Waals surface area contributed by atoms with Crippen LogP contribution in [0.1, 0.15) is 35.0 Å². The van der Waals surface area contributed by atoms with Crippen molar-refractivity contribution in [1.29, 1.82) is 0 Å². The van der Waals surface area contributed by atoms with Crippen LogP contribution in [0, 0.1) is 0 Å². The van der Waals surface area contributed by atoms with E-state index in [0.717, 1.165) is 41.4 Å². The van der Waals surface area contributed by atoms with Crippen molar-refractivity contribution in [2.75, 3.05) is 5.32 Å².